The Morgan fingerprint density at radius 2 is 2.27 bits per heavy atom. The van der Waals surface area contributed by atoms with Gasteiger partial charge < -0.3 is 9.32 Å². The largest absolute Gasteiger partial charge is 0.444 e. The fraction of sp³-hybridized carbons (Fsp3) is 0.545. The number of hydrogen-bond acceptors (Lipinski definition) is 2. The molecule has 0 N–H and O–H groups in total. The molecule has 2 heterocycles. The van der Waals surface area contributed by atoms with Crippen LogP contribution in [0.4, 0.5) is 0 Å². The Hall–Kier alpha value is -0.770. The van der Waals surface area contributed by atoms with Gasteiger partial charge in [0.05, 0.1) is 0 Å². The quantitative estimate of drug-likeness (QED) is 0.787. The second kappa shape index (κ2) is 3.67. The maximum Gasteiger partial charge on any atom is 0.289 e. The SMILES string of the molecule is CC1(C)CCN(C(=O)c2ccc(Br)o2)C1. The summed E-state index contributed by atoms with van der Waals surface area (Å²) in [6, 6.07) is 3.45. The van der Waals surface area contributed by atoms with Crippen molar-refractivity contribution in [3.05, 3.63) is 22.6 Å². The van der Waals surface area contributed by atoms with Crippen LogP contribution >= 0.6 is 15.9 Å². The highest BCUT2D eigenvalue weighted by Gasteiger charge is 2.33. The monoisotopic (exact) mass is 271 g/mol. The molecule has 0 aliphatic carbocycles. The van der Waals surface area contributed by atoms with Gasteiger partial charge in [0.2, 0.25) is 0 Å². The molecule has 0 atom stereocenters. The van der Waals surface area contributed by atoms with Gasteiger partial charge in [-0.1, -0.05) is 13.8 Å². The summed E-state index contributed by atoms with van der Waals surface area (Å²) in [6.07, 6.45) is 1.06. The molecule has 1 aliphatic heterocycles. The fourth-order valence-corrected chi connectivity index (χ4v) is 2.18. The molecule has 82 valence electrons. The van der Waals surface area contributed by atoms with Gasteiger partial charge in [0.1, 0.15) is 0 Å². The molecule has 1 amide bonds. The molecule has 2 rings (SSSR count). The first-order chi connectivity index (χ1) is 6.98. The van der Waals surface area contributed by atoms with Crippen LogP contribution in [-0.2, 0) is 0 Å². The van der Waals surface area contributed by atoms with Crippen LogP contribution in [0.25, 0.3) is 0 Å². The second-order valence-electron chi connectivity index (χ2n) is 4.74. The number of halogens is 1. The van der Waals surface area contributed by atoms with Crippen molar-refractivity contribution in [2.75, 3.05) is 13.1 Å². The number of hydrogen-bond donors (Lipinski definition) is 0. The van der Waals surface area contributed by atoms with Crippen LogP contribution in [0.2, 0.25) is 0 Å². The number of carbonyl (C=O) groups is 1. The lowest BCUT2D eigenvalue weighted by Crippen LogP contribution is -2.29. The van der Waals surface area contributed by atoms with Crippen LogP contribution in [-0.4, -0.2) is 23.9 Å². The Bertz CT molecular complexity index is 384. The van der Waals surface area contributed by atoms with Gasteiger partial charge in [-0.3, -0.25) is 4.79 Å². The third-order valence-corrected chi connectivity index (χ3v) is 3.17. The smallest absolute Gasteiger partial charge is 0.289 e. The van der Waals surface area contributed by atoms with Crippen LogP contribution in [0.15, 0.2) is 21.2 Å². The van der Waals surface area contributed by atoms with E-state index in [1.165, 1.54) is 0 Å². The van der Waals surface area contributed by atoms with Gasteiger partial charge in [-0.2, -0.15) is 0 Å². The van der Waals surface area contributed by atoms with E-state index >= 15 is 0 Å². The summed E-state index contributed by atoms with van der Waals surface area (Å²) in [4.78, 5) is 13.8. The van der Waals surface area contributed by atoms with Crippen molar-refractivity contribution in [2.24, 2.45) is 5.41 Å². The highest BCUT2D eigenvalue weighted by Crippen LogP contribution is 2.30. The van der Waals surface area contributed by atoms with Gasteiger partial charge in [0.25, 0.3) is 5.91 Å². The molecule has 4 heteroatoms. The molecule has 15 heavy (non-hydrogen) atoms. The molecule has 1 aliphatic rings. The molecule has 0 unspecified atom stereocenters. The summed E-state index contributed by atoms with van der Waals surface area (Å²) in [6.45, 7) is 5.99. The van der Waals surface area contributed by atoms with E-state index in [0.29, 0.717) is 10.4 Å². The van der Waals surface area contributed by atoms with Crippen molar-refractivity contribution in [3.63, 3.8) is 0 Å². The standard InChI is InChI=1S/C11H14BrNO2/c1-11(2)5-6-13(7-11)10(14)8-3-4-9(12)15-8/h3-4H,5-7H2,1-2H3. The summed E-state index contributed by atoms with van der Waals surface area (Å²) in [7, 11) is 0. The van der Waals surface area contributed by atoms with Crippen LogP contribution in [0.5, 0.6) is 0 Å². The van der Waals surface area contributed by atoms with E-state index in [0.717, 1.165) is 19.5 Å². The van der Waals surface area contributed by atoms with Crippen molar-refractivity contribution in [1.29, 1.82) is 0 Å². The minimum Gasteiger partial charge on any atom is -0.444 e. The number of furan rings is 1. The Labute approximate surface area is 97.6 Å². The average Bonchev–Trinajstić information content (AvgIpc) is 2.71. The zero-order valence-electron chi connectivity index (χ0n) is 8.92. The van der Waals surface area contributed by atoms with Crippen LogP contribution in [0, 0.1) is 5.41 Å². The summed E-state index contributed by atoms with van der Waals surface area (Å²) in [5.41, 5.74) is 0.236. The first kappa shape index (κ1) is 10.7. The van der Waals surface area contributed by atoms with E-state index in [-0.39, 0.29) is 11.3 Å². The normalized spacial score (nSPS) is 19.5. The predicted molar refractivity (Wildman–Crippen MR) is 60.7 cm³/mol. The van der Waals surface area contributed by atoms with E-state index in [1.807, 2.05) is 4.90 Å². The van der Waals surface area contributed by atoms with E-state index in [2.05, 4.69) is 29.8 Å². The lowest BCUT2D eigenvalue weighted by atomic mass is 9.93. The third kappa shape index (κ3) is 2.25. The van der Waals surface area contributed by atoms with Crippen molar-refractivity contribution in [1.82, 2.24) is 4.90 Å². The van der Waals surface area contributed by atoms with Crippen molar-refractivity contribution in [3.8, 4) is 0 Å². The summed E-state index contributed by atoms with van der Waals surface area (Å²) < 4.78 is 5.85. The second-order valence-corrected chi connectivity index (χ2v) is 5.53. The van der Waals surface area contributed by atoms with Crippen molar-refractivity contribution >= 4 is 21.8 Å². The minimum atomic E-state index is -0.00808. The topological polar surface area (TPSA) is 33.5 Å². The Morgan fingerprint density at radius 1 is 1.53 bits per heavy atom. The molecule has 0 bridgehead atoms. The number of nitrogens with zero attached hydrogens (tertiary/aromatic N) is 1. The molecule has 1 aromatic heterocycles. The fourth-order valence-electron chi connectivity index (χ4n) is 1.87. The predicted octanol–water partition coefficient (Wildman–Crippen LogP) is 2.91. The van der Waals surface area contributed by atoms with Crippen LogP contribution in [0.1, 0.15) is 30.8 Å². The molecule has 1 fully saturated rings. The van der Waals surface area contributed by atoms with Crippen molar-refractivity contribution < 1.29 is 9.21 Å². The highest BCUT2D eigenvalue weighted by molar-refractivity contribution is 9.10. The van der Waals surface area contributed by atoms with E-state index in [1.54, 1.807) is 12.1 Å². The third-order valence-electron chi connectivity index (χ3n) is 2.75. The van der Waals surface area contributed by atoms with Gasteiger partial charge >= 0.3 is 0 Å². The Morgan fingerprint density at radius 3 is 2.73 bits per heavy atom. The lowest BCUT2D eigenvalue weighted by molar-refractivity contribution is 0.0745. The maximum absolute atomic E-state index is 12.0. The van der Waals surface area contributed by atoms with E-state index in [9.17, 15) is 4.79 Å². The maximum atomic E-state index is 12.0. The molecule has 0 aromatic carbocycles. The number of likely N-dealkylation sites (tertiary alicyclic amines) is 1. The molecule has 0 radical (unpaired) electrons. The minimum absolute atomic E-state index is 0.00808. The molecule has 1 aromatic rings. The zero-order valence-corrected chi connectivity index (χ0v) is 10.5. The molecule has 0 spiro atoms. The van der Waals surface area contributed by atoms with Crippen LogP contribution < -0.4 is 0 Å². The lowest BCUT2D eigenvalue weighted by Gasteiger charge is -2.18. The van der Waals surface area contributed by atoms with Gasteiger partial charge in [-0.25, -0.2) is 0 Å². The van der Waals surface area contributed by atoms with E-state index in [4.69, 9.17) is 4.42 Å². The number of rotatable bonds is 1. The molecule has 1 saturated heterocycles. The Kier molecular flexibility index (Phi) is 2.63. The highest BCUT2D eigenvalue weighted by atomic mass is 79.9. The van der Waals surface area contributed by atoms with Gasteiger partial charge in [-0.05, 0) is 39.9 Å². The van der Waals surface area contributed by atoms with Gasteiger partial charge in [0.15, 0.2) is 10.4 Å². The van der Waals surface area contributed by atoms with E-state index < -0.39 is 0 Å². The summed E-state index contributed by atoms with van der Waals surface area (Å²) in [5.74, 6) is 0.408. The molecular weight excluding hydrogens is 258 g/mol. The Balaban J connectivity index is 2.10. The summed E-state index contributed by atoms with van der Waals surface area (Å²) >= 11 is 3.19. The average molecular weight is 272 g/mol. The number of carbonyl (C=O) groups excluding carboxylic acids is 1. The van der Waals surface area contributed by atoms with Crippen LogP contribution in [0.3, 0.4) is 0 Å². The zero-order chi connectivity index (χ0) is 11.1. The molecular formula is C11H14BrNO2. The molecule has 0 saturated carbocycles. The van der Waals surface area contributed by atoms with Crippen molar-refractivity contribution in [2.45, 2.75) is 20.3 Å². The number of amides is 1. The first-order valence-electron chi connectivity index (χ1n) is 5.03. The van der Waals surface area contributed by atoms with Gasteiger partial charge in [-0.15, -0.1) is 0 Å². The van der Waals surface area contributed by atoms with Gasteiger partial charge in [0, 0.05) is 13.1 Å². The molecule has 3 nitrogen and oxygen atoms in total. The summed E-state index contributed by atoms with van der Waals surface area (Å²) in [5, 5.41) is 0. The first-order valence-corrected chi connectivity index (χ1v) is 5.82.